The zero-order valence-corrected chi connectivity index (χ0v) is 13.9. The van der Waals surface area contributed by atoms with Crippen LogP contribution in [0.25, 0.3) is 10.9 Å². The molecule has 0 fully saturated rings. The van der Waals surface area contributed by atoms with E-state index in [2.05, 4.69) is 22.2 Å². The van der Waals surface area contributed by atoms with Gasteiger partial charge >= 0.3 is 0 Å². The monoisotopic (exact) mass is 323 g/mol. The topological polar surface area (TPSA) is 77.8 Å². The number of hydrogen-bond donors (Lipinski definition) is 3. The van der Waals surface area contributed by atoms with Crippen LogP contribution in [0.15, 0.2) is 41.3 Å². The summed E-state index contributed by atoms with van der Waals surface area (Å²) in [6, 6.07) is 9.42. The summed E-state index contributed by atoms with van der Waals surface area (Å²) in [6.45, 7) is 4.17. The van der Waals surface area contributed by atoms with Gasteiger partial charge in [-0.3, -0.25) is 9.59 Å². The van der Waals surface area contributed by atoms with Crippen LogP contribution in [-0.4, -0.2) is 15.9 Å². The zero-order chi connectivity index (χ0) is 17.1. The van der Waals surface area contributed by atoms with Crippen molar-refractivity contribution in [2.75, 3.05) is 0 Å². The van der Waals surface area contributed by atoms with E-state index < -0.39 is 0 Å². The third kappa shape index (κ3) is 3.11. The number of amides is 1. The van der Waals surface area contributed by atoms with Crippen LogP contribution in [0.4, 0.5) is 0 Å². The number of pyridine rings is 1. The van der Waals surface area contributed by atoms with Crippen LogP contribution >= 0.6 is 0 Å². The SMILES string of the molecule is CCCc1cc(C)[nH]c(=O)c1CNC(=O)c1cccc2[nH]ccc12. The van der Waals surface area contributed by atoms with Gasteiger partial charge in [0.25, 0.3) is 11.5 Å². The van der Waals surface area contributed by atoms with E-state index in [9.17, 15) is 9.59 Å². The Balaban J connectivity index is 1.85. The number of carbonyl (C=O) groups is 1. The minimum Gasteiger partial charge on any atom is -0.361 e. The highest BCUT2D eigenvalue weighted by atomic mass is 16.1. The highest BCUT2D eigenvalue weighted by Gasteiger charge is 2.13. The van der Waals surface area contributed by atoms with Crippen molar-refractivity contribution >= 4 is 16.8 Å². The molecule has 0 spiro atoms. The van der Waals surface area contributed by atoms with Crippen LogP contribution in [0.3, 0.4) is 0 Å². The fourth-order valence-corrected chi connectivity index (χ4v) is 3.02. The predicted octanol–water partition coefficient (Wildman–Crippen LogP) is 3.05. The van der Waals surface area contributed by atoms with E-state index in [1.807, 2.05) is 37.4 Å². The Morgan fingerprint density at radius 2 is 2.08 bits per heavy atom. The molecule has 0 atom stereocenters. The molecule has 5 heteroatoms. The number of benzene rings is 1. The second kappa shape index (κ2) is 6.74. The summed E-state index contributed by atoms with van der Waals surface area (Å²) in [7, 11) is 0. The minimum absolute atomic E-state index is 0.126. The summed E-state index contributed by atoms with van der Waals surface area (Å²) in [5, 5.41) is 3.76. The maximum atomic E-state index is 12.5. The van der Waals surface area contributed by atoms with Crippen molar-refractivity contribution in [2.45, 2.75) is 33.2 Å². The van der Waals surface area contributed by atoms with Crippen LogP contribution < -0.4 is 10.9 Å². The molecule has 2 aromatic heterocycles. The van der Waals surface area contributed by atoms with Gasteiger partial charge in [0, 0.05) is 40.5 Å². The van der Waals surface area contributed by atoms with Crippen LogP contribution in [0, 0.1) is 6.92 Å². The molecule has 0 aliphatic heterocycles. The Kier molecular flexibility index (Phi) is 4.51. The quantitative estimate of drug-likeness (QED) is 0.675. The maximum absolute atomic E-state index is 12.5. The third-order valence-electron chi connectivity index (χ3n) is 4.15. The minimum atomic E-state index is -0.178. The van der Waals surface area contributed by atoms with Gasteiger partial charge in [0.15, 0.2) is 0 Å². The lowest BCUT2D eigenvalue weighted by Gasteiger charge is -2.11. The van der Waals surface area contributed by atoms with Crippen molar-refractivity contribution in [3.63, 3.8) is 0 Å². The van der Waals surface area contributed by atoms with E-state index in [1.54, 1.807) is 6.07 Å². The van der Waals surface area contributed by atoms with Crippen LogP contribution in [-0.2, 0) is 13.0 Å². The van der Waals surface area contributed by atoms with Crippen molar-refractivity contribution in [3.05, 3.63) is 69.3 Å². The van der Waals surface area contributed by atoms with Crippen LogP contribution in [0.5, 0.6) is 0 Å². The number of aryl methyl sites for hydroxylation is 2. The molecule has 2 heterocycles. The Morgan fingerprint density at radius 3 is 2.88 bits per heavy atom. The van der Waals surface area contributed by atoms with Gasteiger partial charge in [-0.05, 0) is 43.2 Å². The van der Waals surface area contributed by atoms with Crippen molar-refractivity contribution in [3.8, 4) is 0 Å². The van der Waals surface area contributed by atoms with Gasteiger partial charge in [-0.15, -0.1) is 0 Å². The van der Waals surface area contributed by atoms with E-state index in [1.165, 1.54) is 0 Å². The zero-order valence-electron chi connectivity index (χ0n) is 13.9. The summed E-state index contributed by atoms with van der Waals surface area (Å²) in [4.78, 5) is 30.7. The van der Waals surface area contributed by atoms with Gasteiger partial charge < -0.3 is 15.3 Å². The van der Waals surface area contributed by atoms with Crippen LogP contribution in [0.2, 0.25) is 0 Å². The summed E-state index contributed by atoms with van der Waals surface area (Å²) in [6.07, 6.45) is 3.58. The predicted molar refractivity (Wildman–Crippen MR) is 95.3 cm³/mol. The first-order valence-corrected chi connectivity index (χ1v) is 8.16. The summed E-state index contributed by atoms with van der Waals surface area (Å²) >= 11 is 0. The number of fused-ring (bicyclic) bond motifs is 1. The largest absolute Gasteiger partial charge is 0.361 e. The molecule has 0 aliphatic rings. The normalized spacial score (nSPS) is 10.9. The smallest absolute Gasteiger partial charge is 0.253 e. The fraction of sp³-hybridized carbons (Fsp3) is 0.263. The number of aromatic amines is 2. The molecule has 5 nitrogen and oxygen atoms in total. The number of hydrogen-bond acceptors (Lipinski definition) is 2. The molecule has 124 valence electrons. The number of H-pyrrole nitrogens is 2. The molecule has 1 amide bonds. The Morgan fingerprint density at radius 1 is 1.25 bits per heavy atom. The van der Waals surface area contributed by atoms with E-state index in [0.717, 1.165) is 35.0 Å². The summed E-state index contributed by atoms with van der Waals surface area (Å²) in [5.41, 5.74) is 3.88. The number of rotatable bonds is 5. The maximum Gasteiger partial charge on any atom is 0.253 e. The lowest BCUT2D eigenvalue weighted by Crippen LogP contribution is -2.28. The van der Waals surface area contributed by atoms with E-state index >= 15 is 0 Å². The van der Waals surface area contributed by atoms with Gasteiger partial charge in [0.1, 0.15) is 0 Å². The molecule has 0 aliphatic carbocycles. The van der Waals surface area contributed by atoms with Crippen LogP contribution in [0.1, 0.15) is 40.5 Å². The average Bonchev–Trinajstić information content (AvgIpc) is 3.02. The van der Waals surface area contributed by atoms with Crippen molar-refractivity contribution in [2.24, 2.45) is 0 Å². The van der Waals surface area contributed by atoms with Crippen molar-refractivity contribution in [1.29, 1.82) is 0 Å². The second-order valence-corrected chi connectivity index (χ2v) is 5.96. The summed E-state index contributed by atoms with van der Waals surface area (Å²) < 4.78 is 0. The molecule has 0 saturated carbocycles. The molecule has 24 heavy (non-hydrogen) atoms. The van der Waals surface area contributed by atoms with Gasteiger partial charge in [-0.2, -0.15) is 0 Å². The molecule has 3 aromatic rings. The molecule has 0 saturated heterocycles. The van der Waals surface area contributed by atoms with Crippen molar-refractivity contribution < 1.29 is 4.79 Å². The second-order valence-electron chi connectivity index (χ2n) is 5.96. The molecule has 1 aromatic carbocycles. The number of aromatic nitrogens is 2. The van der Waals surface area contributed by atoms with E-state index in [0.29, 0.717) is 11.1 Å². The summed E-state index contributed by atoms with van der Waals surface area (Å²) in [5.74, 6) is -0.178. The molecular weight excluding hydrogens is 302 g/mol. The van der Waals surface area contributed by atoms with E-state index in [4.69, 9.17) is 0 Å². The standard InChI is InChI=1S/C19H21N3O2/c1-3-5-13-10-12(2)22-19(24)16(13)11-21-18(23)15-6-4-7-17-14(15)8-9-20-17/h4,6-10,20H,3,5,11H2,1-2H3,(H,21,23)(H,22,24). The Bertz CT molecular complexity index is 937. The first kappa shape index (κ1) is 16.1. The van der Waals surface area contributed by atoms with Crippen molar-refractivity contribution in [1.82, 2.24) is 15.3 Å². The van der Waals surface area contributed by atoms with Gasteiger partial charge in [0.2, 0.25) is 0 Å². The Hall–Kier alpha value is -2.82. The molecule has 0 radical (unpaired) electrons. The third-order valence-corrected chi connectivity index (χ3v) is 4.15. The number of carbonyl (C=O) groups excluding carboxylic acids is 1. The molecule has 3 N–H and O–H groups in total. The highest BCUT2D eigenvalue weighted by molar-refractivity contribution is 6.06. The number of nitrogens with one attached hydrogen (secondary N) is 3. The van der Waals surface area contributed by atoms with Gasteiger partial charge in [-0.25, -0.2) is 0 Å². The molecular formula is C19H21N3O2. The fourth-order valence-electron chi connectivity index (χ4n) is 3.02. The molecule has 0 unspecified atom stereocenters. The average molecular weight is 323 g/mol. The Labute approximate surface area is 140 Å². The lowest BCUT2D eigenvalue weighted by molar-refractivity contribution is 0.0952. The molecule has 3 rings (SSSR count). The van der Waals surface area contributed by atoms with Gasteiger partial charge in [-0.1, -0.05) is 19.4 Å². The van der Waals surface area contributed by atoms with E-state index in [-0.39, 0.29) is 18.0 Å². The lowest BCUT2D eigenvalue weighted by atomic mass is 10.0. The first-order valence-electron chi connectivity index (χ1n) is 8.16. The molecule has 0 bridgehead atoms. The highest BCUT2D eigenvalue weighted by Crippen LogP contribution is 2.17. The van der Waals surface area contributed by atoms with Gasteiger partial charge in [0.05, 0.1) is 0 Å². The first-order chi connectivity index (χ1) is 11.6.